The number of anilines is 1. The van der Waals surface area contributed by atoms with Gasteiger partial charge in [-0.3, -0.25) is 4.79 Å². The molecule has 8 heteroatoms. The van der Waals surface area contributed by atoms with Crippen LogP contribution in [-0.2, 0) is 4.79 Å². The maximum atomic E-state index is 12.8. The van der Waals surface area contributed by atoms with Gasteiger partial charge in [-0.2, -0.15) is 9.61 Å². The van der Waals surface area contributed by atoms with E-state index in [0.717, 1.165) is 36.2 Å². The normalized spacial score (nSPS) is 18.0. The topological polar surface area (TPSA) is 82.8 Å². The van der Waals surface area contributed by atoms with Crippen molar-refractivity contribution in [3.8, 4) is 17.0 Å². The van der Waals surface area contributed by atoms with Crippen LogP contribution in [0.15, 0.2) is 41.0 Å². The number of hydrogen-bond acceptors (Lipinski definition) is 5. The zero-order valence-electron chi connectivity index (χ0n) is 18.7. The molecular weight excluding hydrogens is 482 g/mol. The fraction of sp³-hybridized carbons (Fsp3) is 0.480. The monoisotopic (exact) mass is 511 g/mol. The van der Waals surface area contributed by atoms with Gasteiger partial charge in [0.2, 0.25) is 5.91 Å². The molecule has 1 amide bonds. The number of nitrogens with one attached hydrogen (secondary N) is 1. The van der Waals surface area contributed by atoms with Gasteiger partial charge < -0.3 is 15.3 Å². The van der Waals surface area contributed by atoms with E-state index in [-0.39, 0.29) is 11.8 Å². The molecular formula is C25H30BrN5O2. The van der Waals surface area contributed by atoms with Crippen LogP contribution in [0.5, 0.6) is 5.75 Å². The van der Waals surface area contributed by atoms with E-state index in [4.69, 9.17) is 4.98 Å². The molecule has 0 unspecified atom stereocenters. The number of likely N-dealkylation sites (tertiary alicyclic amines) is 1. The minimum absolute atomic E-state index is 0.195. The standard InChI is InChI=1S/C25H30BrN5O2/c26-20-16-27-31-23(15-21(29-25(20)31)19-8-4-5-9-22(19)32)28-18-10-12-30(13-11-18)24(33)14-17-6-2-1-3-7-17/h4-5,8-9,15-18,28,32H,1-3,6-7,10-14H2. The zero-order chi connectivity index (χ0) is 22.8. The van der Waals surface area contributed by atoms with E-state index < -0.39 is 0 Å². The Morgan fingerprint density at radius 3 is 2.64 bits per heavy atom. The van der Waals surface area contributed by atoms with Crippen LogP contribution in [-0.4, -0.2) is 49.6 Å². The summed E-state index contributed by atoms with van der Waals surface area (Å²) in [7, 11) is 0. The highest BCUT2D eigenvalue weighted by Crippen LogP contribution is 2.32. The van der Waals surface area contributed by atoms with E-state index in [9.17, 15) is 9.90 Å². The summed E-state index contributed by atoms with van der Waals surface area (Å²) in [6.45, 7) is 1.57. The SMILES string of the molecule is O=C(CC1CCCCC1)N1CCC(Nc2cc(-c3ccccc3O)nc3c(Br)cnn23)CC1. The Hall–Kier alpha value is -2.61. The van der Waals surface area contributed by atoms with Gasteiger partial charge in [0.25, 0.3) is 0 Å². The number of phenols is 1. The van der Waals surface area contributed by atoms with Crippen LogP contribution in [0.4, 0.5) is 5.82 Å². The van der Waals surface area contributed by atoms with Gasteiger partial charge in [-0.05, 0) is 59.7 Å². The molecule has 3 aromatic rings. The van der Waals surface area contributed by atoms with Crippen LogP contribution in [0, 0.1) is 5.92 Å². The number of aromatic hydroxyl groups is 1. The third kappa shape index (κ3) is 4.86. The van der Waals surface area contributed by atoms with Crippen molar-refractivity contribution in [2.75, 3.05) is 18.4 Å². The molecule has 1 aromatic carbocycles. The van der Waals surface area contributed by atoms with Gasteiger partial charge in [-0.15, -0.1) is 0 Å². The molecule has 0 spiro atoms. The highest BCUT2D eigenvalue weighted by Gasteiger charge is 2.26. The summed E-state index contributed by atoms with van der Waals surface area (Å²) in [5, 5.41) is 18.4. The molecule has 3 heterocycles. The first-order valence-electron chi connectivity index (χ1n) is 12.0. The van der Waals surface area contributed by atoms with Gasteiger partial charge >= 0.3 is 0 Å². The number of piperidine rings is 1. The van der Waals surface area contributed by atoms with Gasteiger partial charge in [0.1, 0.15) is 11.6 Å². The summed E-state index contributed by atoms with van der Waals surface area (Å²) >= 11 is 3.54. The van der Waals surface area contributed by atoms with Crippen molar-refractivity contribution in [3.63, 3.8) is 0 Å². The fourth-order valence-electron chi connectivity index (χ4n) is 5.12. The summed E-state index contributed by atoms with van der Waals surface area (Å²) in [6, 6.07) is 9.39. The number of amides is 1. The van der Waals surface area contributed by atoms with Gasteiger partial charge in [-0.25, -0.2) is 4.98 Å². The third-order valence-electron chi connectivity index (χ3n) is 7.00. The molecule has 1 aliphatic heterocycles. The average molecular weight is 512 g/mol. The maximum Gasteiger partial charge on any atom is 0.222 e. The van der Waals surface area contributed by atoms with Crippen molar-refractivity contribution in [1.29, 1.82) is 0 Å². The molecule has 0 bridgehead atoms. The van der Waals surface area contributed by atoms with Crippen molar-refractivity contribution in [2.24, 2.45) is 5.92 Å². The Morgan fingerprint density at radius 1 is 1.12 bits per heavy atom. The predicted molar refractivity (Wildman–Crippen MR) is 132 cm³/mol. The Kier molecular flexibility index (Phi) is 6.53. The van der Waals surface area contributed by atoms with E-state index in [1.807, 2.05) is 23.1 Å². The van der Waals surface area contributed by atoms with Crippen LogP contribution >= 0.6 is 15.9 Å². The van der Waals surface area contributed by atoms with E-state index in [2.05, 4.69) is 26.3 Å². The van der Waals surface area contributed by atoms with E-state index >= 15 is 0 Å². The number of phenolic OH excluding ortho intramolecular Hbond substituents is 1. The number of rotatable bonds is 5. The number of aromatic nitrogens is 3. The van der Waals surface area contributed by atoms with Crippen LogP contribution < -0.4 is 5.32 Å². The highest BCUT2D eigenvalue weighted by molar-refractivity contribution is 9.10. The summed E-state index contributed by atoms with van der Waals surface area (Å²) in [5.41, 5.74) is 2.06. The number of fused-ring (bicyclic) bond motifs is 1. The summed E-state index contributed by atoms with van der Waals surface area (Å²) < 4.78 is 2.58. The Morgan fingerprint density at radius 2 is 1.88 bits per heavy atom. The first-order chi connectivity index (χ1) is 16.1. The molecule has 7 nitrogen and oxygen atoms in total. The predicted octanol–water partition coefficient (Wildman–Crippen LogP) is 5.24. The molecule has 2 N–H and O–H groups in total. The van der Waals surface area contributed by atoms with Gasteiger partial charge in [0.15, 0.2) is 5.65 Å². The third-order valence-corrected chi connectivity index (χ3v) is 7.56. The minimum Gasteiger partial charge on any atom is -0.507 e. The second kappa shape index (κ2) is 9.71. The van der Waals surface area contributed by atoms with Crippen molar-refractivity contribution in [2.45, 2.75) is 57.4 Å². The molecule has 174 valence electrons. The fourth-order valence-corrected chi connectivity index (χ4v) is 5.46. The Labute approximate surface area is 202 Å². The molecule has 2 fully saturated rings. The molecule has 1 saturated heterocycles. The molecule has 33 heavy (non-hydrogen) atoms. The van der Waals surface area contributed by atoms with Crippen molar-refractivity contribution in [3.05, 3.63) is 41.0 Å². The van der Waals surface area contributed by atoms with Crippen LogP contribution in [0.1, 0.15) is 51.4 Å². The highest BCUT2D eigenvalue weighted by atomic mass is 79.9. The molecule has 0 radical (unpaired) electrons. The van der Waals surface area contributed by atoms with Crippen LogP contribution in [0.25, 0.3) is 16.9 Å². The smallest absolute Gasteiger partial charge is 0.222 e. The lowest BCUT2D eigenvalue weighted by Gasteiger charge is -2.34. The Bertz CT molecular complexity index is 1130. The number of nitrogens with zero attached hydrogens (tertiary/aromatic N) is 4. The number of halogens is 1. The van der Waals surface area contributed by atoms with Crippen molar-refractivity contribution < 1.29 is 9.90 Å². The molecule has 5 rings (SSSR count). The number of para-hydroxylation sites is 1. The van der Waals surface area contributed by atoms with Crippen LogP contribution in [0.2, 0.25) is 0 Å². The maximum absolute atomic E-state index is 12.8. The zero-order valence-corrected chi connectivity index (χ0v) is 20.3. The first kappa shape index (κ1) is 22.2. The Balaban J connectivity index is 1.29. The van der Waals surface area contributed by atoms with Crippen molar-refractivity contribution in [1.82, 2.24) is 19.5 Å². The lowest BCUT2D eigenvalue weighted by Crippen LogP contribution is -2.43. The lowest BCUT2D eigenvalue weighted by molar-refractivity contribution is -0.133. The second-order valence-electron chi connectivity index (χ2n) is 9.28. The number of hydrogen-bond donors (Lipinski definition) is 2. The number of carbonyl (C=O) groups is 1. The largest absolute Gasteiger partial charge is 0.507 e. The quantitative estimate of drug-likeness (QED) is 0.489. The van der Waals surface area contributed by atoms with E-state index in [1.54, 1.807) is 22.8 Å². The van der Waals surface area contributed by atoms with Gasteiger partial charge in [0, 0.05) is 37.2 Å². The van der Waals surface area contributed by atoms with Gasteiger partial charge in [-0.1, -0.05) is 31.4 Å². The number of carbonyl (C=O) groups excluding carboxylic acids is 1. The summed E-state index contributed by atoms with van der Waals surface area (Å²) in [5.74, 6) is 1.93. The summed E-state index contributed by atoms with van der Waals surface area (Å²) in [6.07, 6.45) is 10.5. The van der Waals surface area contributed by atoms with Gasteiger partial charge in [0.05, 0.1) is 16.4 Å². The average Bonchev–Trinajstić information content (AvgIpc) is 3.21. The number of benzene rings is 1. The molecule has 2 aromatic heterocycles. The van der Waals surface area contributed by atoms with Crippen molar-refractivity contribution >= 4 is 33.3 Å². The molecule has 1 saturated carbocycles. The molecule has 0 atom stereocenters. The summed E-state index contributed by atoms with van der Waals surface area (Å²) in [4.78, 5) is 19.6. The van der Waals surface area contributed by atoms with E-state index in [1.165, 1.54) is 32.1 Å². The van der Waals surface area contributed by atoms with Crippen LogP contribution in [0.3, 0.4) is 0 Å². The lowest BCUT2D eigenvalue weighted by atomic mass is 9.86. The molecule has 1 aliphatic carbocycles. The first-order valence-corrected chi connectivity index (χ1v) is 12.7. The molecule has 2 aliphatic rings. The van der Waals surface area contributed by atoms with E-state index in [0.29, 0.717) is 35.2 Å². The minimum atomic E-state index is 0.195. The second-order valence-corrected chi connectivity index (χ2v) is 10.1.